The summed E-state index contributed by atoms with van der Waals surface area (Å²) in [5.41, 5.74) is 2.50. The normalized spacial score (nSPS) is 17.4. The number of carbonyl (C=O) groups is 1. The van der Waals surface area contributed by atoms with E-state index in [1.54, 1.807) is 0 Å². The molecule has 0 N–H and O–H groups in total. The van der Waals surface area contributed by atoms with Crippen molar-refractivity contribution in [1.82, 2.24) is 9.80 Å². The Balaban J connectivity index is 1.79. The van der Waals surface area contributed by atoms with Gasteiger partial charge in [-0.25, -0.2) is 0 Å². The predicted octanol–water partition coefficient (Wildman–Crippen LogP) is 3.99. The Kier molecular flexibility index (Phi) is 6.16. The first-order valence-electron chi connectivity index (χ1n) is 8.86. The lowest BCUT2D eigenvalue weighted by atomic mass is 10.1. The van der Waals surface area contributed by atoms with Crippen molar-refractivity contribution in [2.45, 2.75) is 24.3 Å². The van der Waals surface area contributed by atoms with E-state index >= 15 is 0 Å². The molecule has 0 bridgehead atoms. The van der Waals surface area contributed by atoms with Gasteiger partial charge in [0, 0.05) is 36.7 Å². The van der Waals surface area contributed by atoms with Crippen LogP contribution in [0, 0.1) is 6.92 Å². The lowest BCUT2D eigenvalue weighted by Crippen LogP contribution is -2.37. The van der Waals surface area contributed by atoms with E-state index in [9.17, 15) is 4.79 Å². The van der Waals surface area contributed by atoms with Crippen LogP contribution in [-0.2, 0) is 4.79 Å². The number of likely N-dealkylation sites (N-methyl/N-ethyl adjacent to an activating group) is 1. The molecule has 0 aliphatic carbocycles. The lowest BCUT2D eigenvalue weighted by molar-refractivity contribution is -0.132. The summed E-state index contributed by atoms with van der Waals surface area (Å²) in [4.78, 5) is 18.3. The van der Waals surface area contributed by atoms with Gasteiger partial charge in [0.15, 0.2) is 0 Å². The zero-order valence-electron chi connectivity index (χ0n) is 15.0. The zero-order valence-corrected chi connectivity index (χ0v) is 15.8. The molecule has 1 aliphatic rings. The van der Waals surface area contributed by atoms with Gasteiger partial charge < -0.3 is 9.80 Å². The summed E-state index contributed by atoms with van der Waals surface area (Å²) in [6.45, 7) is 4.68. The number of benzene rings is 2. The first-order valence-corrected chi connectivity index (χ1v) is 9.84. The number of amides is 1. The number of thioether (sulfide) groups is 1. The SMILES string of the molecule is Cc1ccc(SC[C@H](c2ccccc2)N2CCN(C)CCC2=O)cc1. The van der Waals surface area contributed by atoms with Gasteiger partial charge >= 0.3 is 0 Å². The van der Waals surface area contributed by atoms with Gasteiger partial charge in [0.25, 0.3) is 0 Å². The van der Waals surface area contributed by atoms with Crippen molar-refractivity contribution >= 4 is 17.7 Å². The Bertz CT molecular complexity index is 687. The fourth-order valence-electron chi connectivity index (χ4n) is 3.13. The van der Waals surface area contributed by atoms with Crippen molar-refractivity contribution in [1.29, 1.82) is 0 Å². The van der Waals surface area contributed by atoms with E-state index in [1.807, 2.05) is 17.8 Å². The molecule has 1 fully saturated rings. The molecule has 0 saturated carbocycles. The van der Waals surface area contributed by atoms with Crippen molar-refractivity contribution in [2.75, 3.05) is 32.4 Å². The Morgan fingerprint density at radius 1 is 1.00 bits per heavy atom. The largest absolute Gasteiger partial charge is 0.333 e. The maximum atomic E-state index is 12.7. The highest BCUT2D eigenvalue weighted by molar-refractivity contribution is 7.99. The summed E-state index contributed by atoms with van der Waals surface area (Å²) in [7, 11) is 2.09. The second-order valence-electron chi connectivity index (χ2n) is 6.69. The summed E-state index contributed by atoms with van der Waals surface area (Å²) in [6.07, 6.45) is 0.606. The van der Waals surface area contributed by atoms with Crippen LogP contribution in [0.3, 0.4) is 0 Å². The first kappa shape index (κ1) is 18.0. The summed E-state index contributed by atoms with van der Waals surface area (Å²) >= 11 is 1.83. The van der Waals surface area contributed by atoms with Crippen molar-refractivity contribution in [3.63, 3.8) is 0 Å². The van der Waals surface area contributed by atoms with Crippen LogP contribution < -0.4 is 0 Å². The smallest absolute Gasteiger partial charge is 0.224 e. The number of aryl methyl sites for hydroxylation is 1. The first-order chi connectivity index (χ1) is 12.1. The van der Waals surface area contributed by atoms with E-state index in [0.717, 1.165) is 25.4 Å². The Hall–Kier alpha value is -1.78. The van der Waals surface area contributed by atoms with Gasteiger partial charge in [-0.1, -0.05) is 48.0 Å². The molecule has 4 heteroatoms. The number of hydrogen-bond acceptors (Lipinski definition) is 3. The number of nitrogens with zero attached hydrogens (tertiary/aromatic N) is 2. The van der Waals surface area contributed by atoms with Gasteiger partial charge in [-0.15, -0.1) is 11.8 Å². The standard InChI is InChI=1S/C21H26N2OS/c1-17-8-10-19(11-9-17)25-16-20(18-6-4-3-5-7-18)23-15-14-22(2)13-12-21(23)24/h3-11,20H,12-16H2,1-2H3/t20-/m1/s1. The molecule has 1 saturated heterocycles. The third-order valence-electron chi connectivity index (χ3n) is 4.74. The molecule has 3 nitrogen and oxygen atoms in total. The van der Waals surface area contributed by atoms with Gasteiger partial charge in [0.2, 0.25) is 5.91 Å². The molecule has 0 unspecified atom stereocenters. The molecule has 3 rings (SSSR count). The maximum Gasteiger partial charge on any atom is 0.224 e. The third kappa shape index (κ3) is 4.86. The fourth-order valence-corrected chi connectivity index (χ4v) is 4.18. The molecule has 1 amide bonds. The van der Waals surface area contributed by atoms with Gasteiger partial charge in [-0.3, -0.25) is 4.79 Å². The Labute approximate surface area is 155 Å². The molecular formula is C21H26N2OS. The molecular weight excluding hydrogens is 328 g/mol. The summed E-state index contributed by atoms with van der Waals surface area (Å²) in [5.74, 6) is 1.14. The minimum Gasteiger partial charge on any atom is -0.333 e. The van der Waals surface area contributed by atoms with E-state index in [2.05, 4.69) is 72.3 Å². The fraction of sp³-hybridized carbons (Fsp3) is 0.381. The number of hydrogen-bond donors (Lipinski definition) is 0. The van der Waals surface area contributed by atoms with E-state index in [1.165, 1.54) is 16.0 Å². The van der Waals surface area contributed by atoms with Gasteiger partial charge in [-0.2, -0.15) is 0 Å². The number of rotatable bonds is 5. The Morgan fingerprint density at radius 2 is 1.72 bits per heavy atom. The van der Waals surface area contributed by atoms with Crippen LogP contribution in [0.1, 0.15) is 23.6 Å². The lowest BCUT2D eigenvalue weighted by Gasteiger charge is -2.31. The summed E-state index contributed by atoms with van der Waals surface area (Å²) in [6, 6.07) is 19.2. The van der Waals surface area contributed by atoms with Gasteiger partial charge in [-0.05, 0) is 31.7 Å². The van der Waals surface area contributed by atoms with Crippen molar-refractivity contribution in [2.24, 2.45) is 0 Å². The predicted molar refractivity (Wildman–Crippen MR) is 105 cm³/mol. The minimum atomic E-state index is 0.117. The monoisotopic (exact) mass is 354 g/mol. The topological polar surface area (TPSA) is 23.6 Å². The van der Waals surface area contributed by atoms with E-state index in [4.69, 9.17) is 0 Å². The van der Waals surface area contributed by atoms with Crippen LogP contribution in [0.5, 0.6) is 0 Å². The Morgan fingerprint density at radius 3 is 2.44 bits per heavy atom. The highest BCUT2D eigenvalue weighted by Gasteiger charge is 2.27. The molecule has 1 aliphatic heterocycles. The molecule has 1 atom stereocenters. The van der Waals surface area contributed by atoms with E-state index < -0.39 is 0 Å². The second-order valence-corrected chi connectivity index (χ2v) is 7.78. The van der Waals surface area contributed by atoms with Crippen LogP contribution in [-0.4, -0.2) is 48.1 Å². The molecule has 0 radical (unpaired) electrons. The quantitative estimate of drug-likeness (QED) is 0.759. The molecule has 1 heterocycles. The average molecular weight is 355 g/mol. The molecule has 0 aromatic heterocycles. The molecule has 2 aromatic rings. The summed E-state index contributed by atoms with van der Waals surface area (Å²) in [5, 5.41) is 0. The van der Waals surface area contributed by atoms with Crippen molar-refractivity contribution < 1.29 is 4.79 Å². The van der Waals surface area contributed by atoms with E-state index in [0.29, 0.717) is 6.42 Å². The number of carbonyl (C=O) groups excluding carboxylic acids is 1. The minimum absolute atomic E-state index is 0.117. The van der Waals surface area contributed by atoms with Crippen LogP contribution in [0.4, 0.5) is 0 Å². The van der Waals surface area contributed by atoms with Crippen molar-refractivity contribution in [3.05, 3.63) is 65.7 Å². The van der Waals surface area contributed by atoms with Crippen LogP contribution in [0.2, 0.25) is 0 Å². The molecule has 2 aromatic carbocycles. The van der Waals surface area contributed by atoms with Crippen LogP contribution >= 0.6 is 11.8 Å². The van der Waals surface area contributed by atoms with Crippen LogP contribution in [0.15, 0.2) is 59.5 Å². The second kappa shape index (κ2) is 8.54. The van der Waals surface area contributed by atoms with Crippen LogP contribution in [0.25, 0.3) is 0 Å². The molecule has 132 valence electrons. The maximum absolute atomic E-state index is 12.7. The van der Waals surface area contributed by atoms with E-state index in [-0.39, 0.29) is 11.9 Å². The van der Waals surface area contributed by atoms with Gasteiger partial charge in [0.05, 0.1) is 6.04 Å². The zero-order chi connectivity index (χ0) is 17.6. The highest BCUT2D eigenvalue weighted by Crippen LogP contribution is 2.30. The summed E-state index contributed by atoms with van der Waals surface area (Å²) < 4.78 is 0. The molecule has 25 heavy (non-hydrogen) atoms. The van der Waals surface area contributed by atoms with Crippen molar-refractivity contribution in [3.8, 4) is 0 Å². The third-order valence-corrected chi connectivity index (χ3v) is 5.83. The highest BCUT2D eigenvalue weighted by atomic mass is 32.2. The molecule has 0 spiro atoms. The average Bonchev–Trinajstić information content (AvgIpc) is 2.80. The van der Waals surface area contributed by atoms with Gasteiger partial charge in [0.1, 0.15) is 0 Å².